The average molecular weight is 570 g/mol. The van der Waals surface area contributed by atoms with E-state index in [9.17, 15) is 13.2 Å². The van der Waals surface area contributed by atoms with E-state index in [1.54, 1.807) is 6.07 Å². The van der Waals surface area contributed by atoms with Gasteiger partial charge in [0.15, 0.2) is 5.82 Å². The molecule has 0 unspecified atom stereocenters. The number of aryl methyl sites for hydroxylation is 1. The monoisotopic (exact) mass is 569 g/mol. The average Bonchev–Trinajstić information content (AvgIpc) is 3.34. The molecule has 0 atom stereocenters. The smallest absolute Gasteiger partial charge is 0.326 e. The second-order valence-corrected chi connectivity index (χ2v) is 13.1. The van der Waals surface area contributed by atoms with Gasteiger partial charge in [0, 0.05) is 30.9 Å². The Labute approximate surface area is 235 Å². The van der Waals surface area contributed by atoms with Gasteiger partial charge in [-0.3, -0.25) is 14.4 Å². The topological polar surface area (TPSA) is 96.8 Å². The zero-order chi connectivity index (χ0) is 28.8. The molecule has 2 aliphatic heterocycles. The van der Waals surface area contributed by atoms with Crippen LogP contribution >= 0.6 is 0 Å². The molecule has 214 valence electrons. The standard InChI is InChI=1S/C29H36FN5O4S/c1-19-23(20(2)35(31-19)29(3,4)5)12-14-33-13-11-22-15-25(39-18-21-9-7-6-8-10-21)28(27(30)24(22)16-33)34-17-26(36)32-40(34,37)38/h6-10,15H,11-14,16-18H2,1-5H3,(H,32,36). The molecule has 9 nitrogen and oxygen atoms in total. The number of hydrogen-bond acceptors (Lipinski definition) is 6. The summed E-state index contributed by atoms with van der Waals surface area (Å²) in [6.07, 6.45) is 1.37. The third kappa shape index (κ3) is 5.44. The number of anilines is 1. The van der Waals surface area contributed by atoms with Crippen LogP contribution in [0.15, 0.2) is 36.4 Å². The molecule has 1 saturated heterocycles. The van der Waals surface area contributed by atoms with Gasteiger partial charge in [0.05, 0.1) is 11.2 Å². The zero-order valence-corrected chi connectivity index (χ0v) is 24.4. The van der Waals surface area contributed by atoms with Crippen LogP contribution in [0.25, 0.3) is 0 Å². The van der Waals surface area contributed by atoms with Crippen molar-refractivity contribution in [3.8, 4) is 5.75 Å². The van der Waals surface area contributed by atoms with Crippen LogP contribution in [0.1, 0.15) is 54.4 Å². The SMILES string of the molecule is Cc1nn(C(C)(C)C)c(C)c1CCN1CCc2cc(OCc3ccccc3)c(N3CC(=O)NS3(=O)=O)c(F)c2C1. The van der Waals surface area contributed by atoms with Crippen LogP contribution in [-0.2, 0) is 46.5 Å². The first-order valence-corrected chi connectivity index (χ1v) is 14.9. The van der Waals surface area contributed by atoms with Gasteiger partial charge in [0.25, 0.3) is 5.91 Å². The Kier molecular flexibility index (Phi) is 7.39. The lowest BCUT2D eigenvalue weighted by Crippen LogP contribution is -2.35. The molecule has 0 bridgehead atoms. The van der Waals surface area contributed by atoms with E-state index >= 15 is 4.39 Å². The molecule has 1 fully saturated rings. The minimum absolute atomic E-state index is 0.106. The minimum atomic E-state index is -4.23. The number of aromatic nitrogens is 2. The summed E-state index contributed by atoms with van der Waals surface area (Å²) in [6.45, 7) is 11.9. The highest BCUT2D eigenvalue weighted by Crippen LogP contribution is 2.40. The van der Waals surface area contributed by atoms with E-state index in [1.807, 2.05) is 42.0 Å². The zero-order valence-electron chi connectivity index (χ0n) is 23.6. The van der Waals surface area contributed by atoms with E-state index in [0.717, 1.165) is 39.8 Å². The molecule has 1 N–H and O–H groups in total. The van der Waals surface area contributed by atoms with Crippen molar-refractivity contribution < 1.29 is 22.3 Å². The van der Waals surface area contributed by atoms with Crippen molar-refractivity contribution in [2.75, 3.05) is 23.9 Å². The number of halogens is 1. The fourth-order valence-corrected chi connectivity index (χ4v) is 6.72. The fourth-order valence-electron chi connectivity index (χ4n) is 5.56. The molecule has 0 saturated carbocycles. The number of nitrogens with zero attached hydrogens (tertiary/aromatic N) is 4. The van der Waals surface area contributed by atoms with E-state index in [4.69, 9.17) is 9.84 Å². The first-order valence-electron chi connectivity index (χ1n) is 13.5. The Morgan fingerprint density at radius 3 is 2.48 bits per heavy atom. The van der Waals surface area contributed by atoms with Crippen molar-refractivity contribution in [3.05, 3.63) is 75.9 Å². The van der Waals surface area contributed by atoms with Gasteiger partial charge in [0.2, 0.25) is 0 Å². The molecule has 3 heterocycles. The maximum absolute atomic E-state index is 16.3. The molecule has 2 aromatic carbocycles. The van der Waals surface area contributed by atoms with Crippen molar-refractivity contribution >= 4 is 21.8 Å². The van der Waals surface area contributed by atoms with Crippen LogP contribution < -0.4 is 13.8 Å². The Morgan fingerprint density at radius 1 is 1.12 bits per heavy atom. The summed E-state index contributed by atoms with van der Waals surface area (Å²) in [5, 5.41) is 4.75. The first-order chi connectivity index (χ1) is 18.8. The highest BCUT2D eigenvalue weighted by molar-refractivity contribution is 7.92. The molecule has 11 heteroatoms. The molecule has 40 heavy (non-hydrogen) atoms. The van der Waals surface area contributed by atoms with E-state index in [1.165, 1.54) is 5.56 Å². The summed E-state index contributed by atoms with van der Waals surface area (Å²) >= 11 is 0. The lowest BCUT2D eigenvalue weighted by Gasteiger charge is -2.31. The van der Waals surface area contributed by atoms with Crippen LogP contribution in [-0.4, -0.2) is 48.6 Å². The summed E-state index contributed by atoms with van der Waals surface area (Å²) in [6, 6.07) is 11.1. The number of fused-ring (bicyclic) bond motifs is 1. The van der Waals surface area contributed by atoms with Crippen molar-refractivity contribution in [3.63, 3.8) is 0 Å². The molecule has 2 aliphatic rings. The Hall–Kier alpha value is -3.44. The number of carbonyl (C=O) groups excluding carboxylic acids is 1. The summed E-state index contributed by atoms with van der Waals surface area (Å²) in [5.74, 6) is -1.28. The lowest BCUT2D eigenvalue weighted by molar-refractivity contribution is -0.117. The maximum atomic E-state index is 16.3. The van der Waals surface area contributed by atoms with Crippen LogP contribution in [0.3, 0.4) is 0 Å². The summed E-state index contributed by atoms with van der Waals surface area (Å²) in [7, 11) is -4.23. The van der Waals surface area contributed by atoms with Gasteiger partial charge in [-0.1, -0.05) is 30.3 Å². The Morgan fingerprint density at radius 2 is 1.85 bits per heavy atom. The van der Waals surface area contributed by atoms with Crippen molar-refractivity contribution in [2.45, 2.75) is 66.2 Å². The molecule has 0 aliphatic carbocycles. The van der Waals surface area contributed by atoms with Crippen LogP contribution in [0, 0.1) is 19.7 Å². The van der Waals surface area contributed by atoms with Gasteiger partial charge >= 0.3 is 10.2 Å². The predicted octanol–water partition coefficient (Wildman–Crippen LogP) is 3.75. The molecular weight excluding hydrogens is 533 g/mol. The minimum Gasteiger partial charge on any atom is -0.487 e. The highest BCUT2D eigenvalue weighted by atomic mass is 32.2. The first kappa shape index (κ1) is 28.1. The van der Waals surface area contributed by atoms with Gasteiger partial charge in [-0.05, 0) is 70.2 Å². The van der Waals surface area contributed by atoms with Crippen molar-refractivity contribution in [1.29, 1.82) is 0 Å². The number of benzene rings is 2. The Balaban J connectivity index is 1.43. The molecule has 1 aromatic heterocycles. The van der Waals surface area contributed by atoms with E-state index in [0.29, 0.717) is 25.1 Å². The largest absolute Gasteiger partial charge is 0.487 e. The summed E-state index contributed by atoms with van der Waals surface area (Å²) < 4.78 is 52.5. The number of ether oxygens (including phenoxy) is 1. The van der Waals surface area contributed by atoms with Gasteiger partial charge in [0.1, 0.15) is 24.6 Å². The van der Waals surface area contributed by atoms with Gasteiger partial charge < -0.3 is 4.74 Å². The van der Waals surface area contributed by atoms with E-state index in [-0.39, 0.29) is 23.6 Å². The summed E-state index contributed by atoms with van der Waals surface area (Å²) in [4.78, 5) is 14.2. The van der Waals surface area contributed by atoms with Gasteiger partial charge in [-0.25, -0.2) is 13.4 Å². The third-order valence-corrected chi connectivity index (χ3v) is 8.92. The lowest BCUT2D eigenvalue weighted by atomic mass is 9.97. The predicted molar refractivity (Wildman–Crippen MR) is 151 cm³/mol. The molecule has 0 radical (unpaired) electrons. The number of rotatable bonds is 7. The third-order valence-electron chi connectivity index (χ3n) is 7.54. The number of amides is 1. The van der Waals surface area contributed by atoms with Crippen molar-refractivity contribution in [1.82, 2.24) is 19.4 Å². The van der Waals surface area contributed by atoms with Gasteiger partial charge in [-0.2, -0.15) is 13.5 Å². The molecule has 0 spiro atoms. The van der Waals surface area contributed by atoms with E-state index < -0.39 is 28.5 Å². The van der Waals surface area contributed by atoms with Gasteiger partial charge in [-0.15, -0.1) is 0 Å². The highest BCUT2D eigenvalue weighted by Gasteiger charge is 2.39. The van der Waals surface area contributed by atoms with Crippen molar-refractivity contribution in [2.24, 2.45) is 0 Å². The quantitative estimate of drug-likeness (QED) is 0.466. The number of hydrogen-bond donors (Lipinski definition) is 1. The van der Waals surface area contributed by atoms with Crippen LogP contribution in [0.5, 0.6) is 5.75 Å². The fraction of sp³-hybridized carbons (Fsp3) is 0.448. The normalized spacial score (nSPS) is 17.1. The Bertz CT molecular complexity index is 1550. The second kappa shape index (κ2) is 10.5. The number of carbonyl (C=O) groups is 1. The van der Waals surface area contributed by atoms with Crippen LogP contribution in [0.4, 0.5) is 10.1 Å². The molecule has 3 aromatic rings. The van der Waals surface area contributed by atoms with Crippen LogP contribution in [0.2, 0.25) is 0 Å². The molecular formula is C29H36FN5O4S. The number of nitrogens with one attached hydrogen (secondary N) is 1. The summed E-state index contributed by atoms with van der Waals surface area (Å²) in [5.41, 5.74) is 5.04. The molecule has 5 rings (SSSR count). The van der Waals surface area contributed by atoms with E-state index in [2.05, 4.69) is 37.3 Å². The molecule has 1 amide bonds. The maximum Gasteiger partial charge on any atom is 0.326 e. The second-order valence-electron chi connectivity index (χ2n) is 11.5.